The van der Waals surface area contributed by atoms with Crippen LogP contribution >= 0.6 is 15.9 Å². The van der Waals surface area contributed by atoms with Gasteiger partial charge in [0.15, 0.2) is 0 Å². The lowest BCUT2D eigenvalue weighted by molar-refractivity contribution is 0.399. The van der Waals surface area contributed by atoms with Crippen molar-refractivity contribution in [2.45, 2.75) is 5.33 Å². The van der Waals surface area contributed by atoms with Crippen LogP contribution in [-0.4, -0.2) is 12.1 Å². The molecule has 16 heavy (non-hydrogen) atoms. The third-order valence-corrected chi connectivity index (χ3v) is 3.01. The quantitative estimate of drug-likeness (QED) is 0.799. The number of nitrogens with zero attached hydrogens (tertiary/aromatic N) is 1. The van der Waals surface area contributed by atoms with E-state index >= 15 is 0 Å². The van der Waals surface area contributed by atoms with Crippen molar-refractivity contribution < 1.29 is 4.74 Å². The number of methoxy groups -OCH3 is 1. The molecule has 2 aromatic rings. The van der Waals surface area contributed by atoms with Crippen LogP contribution in [-0.2, 0) is 5.33 Å². The molecule has 0 spiro atoms. The van der Waals surface area contributed by atoms with Gasteiger partial charge in [0.25, 0.3) is 0 Å². The molecule has 0 N–H and O–H groups in total. The Balaban J connectivity index is 2.62. The normalized spacial score (nSPS) is 10.1. The Labute approximate surface area is 103 Å². The minimum absolute atomic E-state index is 0.670. The summed E-state index contributed by atoms with van der Waals surface area (Å²) in [5.74, 6) is 0.670. The van der Waals surface area contributed by atoms with Crippen LogP contribution in [0.2, 0.25) is 0 Å². The zero-order valence-electron chi connectivity index (χ0n) is 8.98. The van der Waals surface area contributed by atoms with Gasteiger partial charge in [-0.2, -0.15) is 0 Å². The van der Waals surface area contributed by atoms with Gasteiger partial charge in [0.1, 0.15) is 0 Å². The molecule has 0 aliphatic carbocycles. The molecule has 3 heteroatoms. The van der Waals surface area contributed by atoms with Crippen molar-refractivity contribution >= 4 is 15.9 Å². The second kappa shape index (κ2) is 5.12. The van der Waals surface area contributed by atoms with Crippen LogP contribution < -0.4 is 4.74 Å². The zero-order chi connectivity index (χ0) is 11.4. The van der Waals surface area contributed by atoms with Crippen LogP contribution in [0.3, 0.4) is 0 Å². The molecule has 0 fully saturated rings. The Morgan fingerprint density at radius 3 is 2.56 bits per heavy atom. The van der Waals surface area contributed by atoms with Crippen molar-refractivity contribution in [1.82, 2.24) is 4.98 Å². The monoisotopic (exact) mass is 277 g/mol. The number of ether oxygens (including phenoxy) is 1. The molecule has 0 amide bonds. The van der Waals surface area contributed by atoms with Crippen LogP contribution in [0.5, 0.6) is 5.88 Å². The second-order valence-electron chi connectivity index (χ2n) is 3.35. The summed E-state index contributed by atoms with van der Waals surface area (Å²) < 4.78 is 5.31. The minimum Gasteiger partial charge on any atom is -0.481 e. The number of hydrogen-bond donors (Lipinski definition) is 0. The van der Waals surface area contributed by atoms with E-state index in [9.17, 15) is 0 Å². The van der Waals surface area contributed by atoms with Crippen LogP contribution in [0.1, 0.15) is 5.56 Å². The maximum Gasteiger partial charge on any atom is 0.221 e. The lowest BCUT2D eigenvalue weighted by Crippen LogP contribution is -1.95. The molecule has 82 valence electrons. The van der Waals surface area contributed by atoms with Crippen LogP contribution in [0.25, 0.3) is 11.1 Å². The SMILES string of the molecule is COc1nccc(CBr)c1-c1ccccc1. The molecule has 1 aromatic carbocycles. The first-order valence-electron chi connectivity index (χ1n) is 5.00. The van der Waals surface area contributed by atoms with Gasteiger partial charge in [0.2, 0.25) is 5.88 Å². The Kier molecular flexibility index (Phi) is 3.57. The maximum absolute atomic E-state index is 5.31. The topological polar surface area (TPSA) is 22.1 Å². The van der Waals surface area contributed by atoms with E-state index in [1.807, 2.05) is 24.3 Å². The molecule has 0 aliphatic heterocycles. The lowest BCUT2D eigenvalue weighted by atomic mass is 10.0. The summed E-state index contributed by atoms with van der Waals surface area (Å²) in [6, 6.07) is 12.1. The molecule has 2 rings (SSSR count). The van der Waals surface area contributed by atoms with E-state index in [-0.39, 0.29) is 0 Å². The Hall–Kier alpha value is -1.35. The number of halogens is 1. The van der Waals surface area contributed by atoms with Crippen molar-refractivity contribution in [2.24, 2.45) is 0 Å². The molecule has 2 nitrogen and oxygen atoms in total. The highest BCUT2D eigenvalue weighted by atomic mass is 79.9. The number of aromatic nitrogens is 1. The Morgan fingerprint density at radius 2 is 1.94 bits per heavy atom. The molecule has 0 bridgehead atoms. The van der Waals surface area contributed by atoms with Gasteiger partial charge >= 0.3 is 0 Å². The zero-order valence-corrected chi connectivity index (χ0v) is 10.6. The second-order valence-corrected chi connectivity index (χ2v) is 3.91. The van der Waals surface area contributed by atoms with Gasteiger partial charge in [-0.15, -0.1) is 0 Å². The molecule has 1 aromatic heterocycles. The van der Waals surface area contributed by atoms with Crippen molar-refractivity contribution in [3.63, 3.8) is 0 Å². The number of hydrogen-bond acceptors (Lipinski definition) is 2. The largest absolute Gasteiger partial charge is 0.481 e. The fraction of sp³-hybridized carbons (Fsp3) is 0.154. The smallest absolute Gasteiger partial charge is 0.221 e. The van der Waals surface area contributed by atoms with Crippen molar-refractivity contribution in [1.29, 1.82) is 0 Å². The molecule has 0 saturated heterocycles. The van der Waals surface area contributed by atoms with E-state index in [1.165, 1.54) is 5.56 Å². The first-order valence-corrected chi connectivity index (χ1v) is 6.12. The third kappa shape index (κ3) is 2.09. The molecule has 0 aliphatic rings. The average Bonchev–Trinajstić information content (AvgIpc) is 2.38. The fourth-order valence-corrected chi connectivity index (χ4v) is 2.13. The van der Waals surface area contributed by atoms with Gasteiger partial charge in [0, 0.05) is 17.1 Å². The highest BCUT2D eigenvalue weighted by Crippen LogP contribution is 2.32. The first kappa shape index (κ1) is 11.1. The van der Waals surface area contributed by atoms with Gasteiger partial charge in [-0.05, 0) is 17.2 Å². The van der Waals surface area contributed by atoms with E-state index in [4.69, 9.17) is 4.74 Å². The van der Waals surface area contributed by atoms with Crippen LogP contribution in [0, 0.1) is 0 Å². The lowest BCUT2D eigenvalue weighted by Gasteiger charge is -2.11. The van der Waals surface area contributed by atoms with E-state index in [0.29, 0.717) is 5.88 Å². The van der Waals surface area contributed by atoms with Gasteiger partial charge in [-0.1, -0.05) is 46.3 Å². The summed E-state index contributed by atoms with van der Waals surface area (Å²) >= 11 is 3.49. The summed E-state index contributed by atoms with van der Waals surface area (Å²) in [5.41, 5.74) is 3.36. The van der Waals surface area contributed by atoms with Crippen molar-refractivity contribution in [2.75, 3.05) is 7.11 Å². The number of rotatable bonds is 3. The number of alkyl halides is 1. The van der Waals surface area contributed by atoms with Gasteiger partial charge < -0.3 is 4.74 Å². The maximum atomic E-state index is 5.31. The van der Waals surface area contributed by atoms with Crippen molar-refractivity contribution in [3.8, 4) is 17.0 Å². The highest BCUT2D eigenvalue weighted by molar-refractivity contribution is 9.08. The minimum atomic E-state index is 0.670. The van der Waals surface area contributed by atoms with Gasteiger partial charge in [0.05, 0.1) is 7.11 Å². The Morgan fingerprint density at radius 1 is 1.19 bits per heavy atom. The van der Waals surface area contributed by atoms with Crippen LogP contribution in [0.4, 0.5) is 0 Å². The van der Waals surface area contributed by atoms with E-state index in [2.05, 4.69) is 33.0 Å². The van der Waals surface area contributed by atoms with Gasteiger partial charge in [-0.3, -0.25) is 0 Å². The van der Waals surface area contributed by atoms with E-state index in [0.717, 1.165) is 16.5 Å². The van der Waals surface area contributed by atoms with E-state index in [1.54, 1.807) is 13.3 Å². The van der Waals surface area contributed by atoms with Crippen molar-refractivity contribution in [3.05, 3.63) is 48.2 Å². The van der Waals surface area contributed by atoms with E-state index < -0.39 is 0 Å². The molecular weight excluding hydrogens is 266 g/mol. The molecular formula is C13H12BrNO. The molecule has 0 atom stereocenters. The summed E-state index contributed by atoms with van der Waals surface area (Å²) in [5, 5.41) is 0.788. The molecule has 0 radical (unpaired) electrons. The number of pyridine rings is 1. The first-order chi connectivity index (χ1) is 7.86. The summed E-state index contributed by atoms with van der Waals surface area (Å²) in [6.07, 6.45) is 1.77. The predicted octanol–water partition coefficient (Wildman–Crippen LogP) is 3.65. The number of benzene rings is 1. The molecule has 0 unspecified atom stereocenters. The predicted molar refractivity (Wildman–Crippen MR) is 68.9 cm³/mol. The average molecular weight is 278 g/mol. The fourth-order valence-electron chi connectivity index (χ4n) is 1.66. The third-order valence-electron chi connectivity index (χ3n) is 2.40. The summed E-state index contributed by atoms with van der Waals surface area (Å²) in [6.45, 7) is 0. The van der Waals surface area contributed by atoms with Crippen LogP contribution in [0.15, 0.2) is 42.6 Å². The summed E-state index contributed by atoms with van der Waals surface area (Å²) in [4.78, 5) is 4.24. The highest BCUT2D eigenvalue weighted by Gasteiger charge is 2.11. The van der Waals surface area contributed by atoms with Gasteiger partial charge in [-0.25, -0.2) is 4.98 Å². The summed E-state index contributed by atoms with van der Waals surface area (Å²) in [7, 11) is 1.65. The standard InChI is InChI=1S/C13H12BrNO/c1-16-13-12(10-5-3-2-4-6-10)11(9-14)7-8-15-13/h2-8H,9H2,1H3. The Bertz CT molecular complexity index is 448. The molecule has 0 saturated carbocycles. The molecule has 1 heterocycles.